The number of carbonyl (C=O) groups excluding carboxylic acids is 1. The van der Waals surface area contributed by atoms with E-state index in [9.17, 15) is 4.79 Å². The average Bonchev–Trinajstić information content (AvgIpc) is 2.18. The summed E-state index contributed by atoms with van der Waals surface area (Å²) in [7, 11) is 1.49. The SMILES string of the molecule is COc1ccc(N)c(C(=O)CBr)c1N. The van der Waals surface area contributed by atoms with Crippen LogP contribution in [0, 0.1) is 0 Å². The summed E-state index contributed by atoms with van der Waals surface area (Å²) in [4.78, 5) is 11.5. The molecular weight excluding hydrogens is 248 g/mol. The molecule has 0 aromatic heterocycles. The molecule has 1 aromatic rings. The molecule has 5 heteroatoms. The molecule has 1 aromatic carbocycles. The number of ketones is 1. The lowest BCUT2D eigenvalue weighted by molar-refractivity contribution is 0.102. The lowest BCUT2D eigenvalue weighted by atomic mass is 10.1. The second-order valence-corrected chi connectivity index (χ2v) is 3.26. The highest BCUT2D eigenvalue weighted by molar-refractivity contribution is 9.09. The Morgan fingerprint density at radius 1 is 1.50 bits per heavy atom. The minimum atomic E-state index is -0.154. The molecule has 76 valence electrons. The highest BCUT2D eigenvalue weighted by Crippen LogP contribution is 2.30. The van der Waals surface area contributed by atoms with Crippen LogP contribution in [0.1, 0.15) is 10.4 Å². The zero-order valence-corrected chi connectivity index (χ0v) is 9.30. The Bertz CT molecular complexity index is 366. The first-order valence-corrected chi connectivity index (χ1v) is 5.05. The fourth-order valence-electron chi connectivity index (χ4n) is 1.17. The third-order valence-corrected chi connectivity index (χ3v) is 2.37. The van der Waals surface area contributed by atoms with Crippen molar-refractivity contribution in [1.29, 1.82) is 0 Å². The average molecular weight is 259 g/mol. The van der Waals surface area contributed by atoms with Crippen LogP contribution < -0.4 is 16.2 Å². The molecule has 0 heterocycles. The van der Waals surface area contributed by atoms with E-state index in [4.69, 9.17) is 16.2 Å². The summed E-state index contributed by atoms with van der Waals surface area (Å²) in [5.74, 6) is 0.308. The first-order chi connectivity index (χ1) is 6.61. The number of halogens is 1. The fraction of sp³-hybridized carbons (Fsp3) is 0.222. The van der Waals surface area contributed by atoms with Gasteiger partial charge < -0.3 is 16.2 Å². The molecule has 0 aliphatic rings. The Morgan fingerprint density at radius 2 is 2.14 bits per heavy atom. The van der Waals surface area contributed by atoms with Gasteiger partial charge in [0.15, 0.2) is 5.78 Å². The number of hydrogen-bond acceptors (Lipinski definition) is 4. The van der Waals surface area contributed by atoms with Gasteiger partial charge in [-0.05, 0) is 12.1 Å². The standard InChI is InChI=1S/C9H11BrN2O2/c1-14-7-3-2-5(11)8(9(7)12)6(13)4-10/h2-3H,4,11-12H2,1H3. The number of Topliss-reactive ketones (excluding diaryl/α,β-unsaturated/α-hetero) is 1. The van der Waals surface area contributed by atoms with Gasteiger partial charge in [0, 0.05) is 5.69 Å². The molecule has 0 aliphatic carbocycles. The van der Waals surface area contributed by atoms with Crippen molar-refractivity contribution in [3.8, 4) is 5.75 Å². The zero-order chi connectivity index (χ0) is 10.7. The maximum Gasteiger partial charge on any atom is 0.177 e. The van der Waals surface area contributed by atoms with Crippen molar-refractivity contribution in [2.45, 2.75) is 0 Å². The van der Waals surface area contributed by atoms with Gasteiger partial charge >= 0.3 is 0 Å². The van der Waals surface area contributed by atoms with Gasteiger partial charge in [-0.15, -0.1) is 0 Å². The second-order valence-electron chi connectivity index (χ2n) is 2.70. The molecule has 0 amide bonds. The molecule has 4 nitrogen and oxygen atoms in total. The summed E-state index contributed by atoms with van der Waals surface area (Å²) < 4.78 is 4.99. The number of rotatable bonds is 3. The van der Waals surface area contributed by atoms with Crippen LogP contribution in [0.3, 0.4) is 0 Å². The summed E-state index contributed by atoms with van der Waals surface area (Å²) in [5, 5.41) is 0.189. The van der Waals surface area contributed by atoms with Gasteiger partial charge in [-0.2, -0.15) is 0 Å². The summed E-state index contributed by atoms with van der Waals surface area (Å²) in [6.07, 6.45) is 0. The van der Waals surface area contributed by atoms with Gasteiger partial charge in [-0.1, -0.05) is 15.9 Å². The summed E-state index contributed by atoms with van der Waals surface area (Å²) in [6, 6.07) is 3.24. The summed E-state index contributed by atoms with van der Waals surface area (Å²) in [6.45, 7) is 0. The van der Waals surface area contributed by atoms with Crippen molar-refractivity contribution in [2.75, 3.05) is 23.9 Å². The maximum absolute atomic E-state index is 11.5. The van der Waals surface area contributed by atoms with E-state index in [0.717, 1.165) is 0 Å². The van der Waals surface area contributed by atoms with E-state index in [1.54, 1.807) is 12.1 Å². The Balaban J connectivity index is 3.32. The van der Waals surface area contributed by atoms with E-state index < -0.39 is 0 Å². The van der Waals surface area contributed by atoms with Gasteiger partial charge in [0.2, 0.25) is 0 Å². The van der Waals surface area contributed by atoms with Crippen LogP contribution in [-0.2, 0) is 0 Å². The zero-order valence-electron chi connectivity index (χ0n) is 7.71. The lowest BCUT2D eigenvalue weighted by Gasteiger charge is -2.10. The van der Waals surface area contributed by atoms with Gasteiger partial charge in [0.1, 0.15) is 5.75 Å². The molecule has 0 unspecified atom stereocenters. The number of nitrogen functional groups attached to an aromatic ring is 2. The van der Waals surface area contributed by atoms with Crippen LogP contribution in [0.15, 0.2) is 12.1 Å². The molecule has 0 radical (unpaired) electrons. The van der Waals surface area contributed by atoms with Gasteiger partial charge in [-0.3, -0.25) is 4.79 Å². The van der Waals surface area contributed by atoms with Crippen molar-refractivity contribution < 1.29 is 9.53 Å². The molecule has 1 rings (SSSR count). The van der Waals surface area contributed by atoms with Crippen LogP contribution in [0.5, 0.6) is 5.75 Å². The van der Waals surface area contributed by atoms with Gasteiger partial charge in [-0.25, -0.2) is 0 Å². The van der Waals surface area contributed by atoms with E-state index in [0.29, 0.717) is 17.0 Å². The molecule has 0 atom stereocenters. The van der Waals surface area contributed by atoms with E-state index in [-0.39, 0.29) is 16.8 Å². The van der Waals surface area contributed by atoms with E-state index >= 15 is 0 Å². The largest absolute Gasteiger partial charge is 0.495 e. The number of ether oxygens (including phenoxy) is 1. The molecule has 4 N–H and O–H groups in total. The molecular formula is C9H11BrN2O2. The number of nitrogens with two attached hydrogens (primary N) is 2. The van der Waals surface area contributed by atoms with E-state index in [1.165, 1.54) is 7.11 Å². The van der Waals surface area contributed by atoms with Crippen molar-refractivity contribution in [3.05, 3.63) is 17.7 Å². The highest BCUT2D eigenvalue weighted by Gasteiger charge is 2.15. The van der Waals surface area contributed by atoms with Crippen molar-refractivity contribution >= 4 is 33.1 Å². The molecule has 0 spiro atoms. The Morgan fingerprint density at radius 3 is 2.64 bits per heavy atom. The van der Waals surface area contributed by atoms with Gasteiger partial charge in [0.25, 0.3) is 0 Å². The fourth-order valence-corrected chi connectivity index (χ4v) is 1.45. The Hall–Kier alpha value is -1.23. The van der Waals surface area contributed by atoms with Crippen LogP contribution in [0.4, 0.5) is 11.4 Å². The highest BCUT2D eigenvalue weighted by atomic mass is 79.9. The molecule has 0 saturated heterocycles. The Labute approximate surface area is 90.3 Å². The van der Waals surface area contributed by atoms with Crippen LogP contribution in [0.25, 0.3) is 0 Å². The number of alkyl halides is 1. The molecule has 0 fully saturated rings. The molecule has 0 bridgehead atoms. The van der Waals surface area contributed by atoms with Crippen molar-refractivity contribution in [3.63, 3.8) is 0 Å². The molecule has 0 saturated carbocycles. The van der Waals surface area contributed by atoms with E-state index in [1.807, 2.05) is 0 Å². The summed E-state index contributed by atoms with van der Waals surface area (Å²) in [5.41, 5.74) is 12.3. The smallest absolute Gasteiger partial charge is 0.177 e. The predicted molar refractivity (Wildman–Crippen MR) is 59.9 cm³/mol. The van der Waals surface area contributed by atoms with Gasteiger partial charge in [0.05, 0.1) is 23.7 Å². The molecule has 0 aliphatic heterocycles. The van der Waals surface area contributed by atoms with Crippen LogP contribution >= 0.6 is 15.9 Å². The number of carbonyl (C=O) groups is 1. The van der Waals surface area contributed by atoms with Crippen molar-refractivity contribution in [2.24, 2.45) is 0 Å². The minimum absolute atomic E-state index is 0.154. The molecule has 14 heavy (non-hydrogen) atoms. The number of benzene rings is 1. The van der Waals surface area contributed by atoms with Crippen LogP contribution in [0.2, 0.25) is 0 Å². The number of anilines is 2. The van der Waals surface area contributed by atoms with Crippen LogP contribution in [-0.4, -0.2) is 18.2 Å². The first-order valence-electron chi connectivity index (χ1n) is 3.93. The third kappa shape index (κ3) is 1.82. The summed E-state index contributed by atoms with van der Waals surface area (Å²) >= 11 is 3.06. The number of methoxy groups -OCH3 is 1. The first kappa shape index (κ1) is 10.8. The second kappa shape index (κ2) is 4.32. The quantitative estimate of drug-likeness (QED) is 0.489. The predicted octanol–water partition coefficient (Wildman–Crippen LogP) is 1.44. The third-order valence-electron chi connectivity index (χ3n) is 1.86. The lowest BCUT2D eigenvalue weighted by Crippen LogP contribution is -2.09. The maximum atomic E-state index is 11.5. The normalized spacial score (nSPS) is 9.86. The van der Waals surface area contributed by atoms with Crippen molar-refractivity contribution in [1.82, 2.24) is 0 Å². The Kier molecular flexibility index (Phi) is 3.35. The number of hydrogen-bond donors (Lipinski definition) is 2. The van der Waals surface area contributed by atoms with E-state index in [2.05, 4.69) is 15.9 Å². The monoisotopic (exact) mass is 258 g/mol. The minimum Gasteiger partial charge on any atom is -0.495 e. The topological polar surface area (TPSA) is 78.3 Å².